The monoisotopic (exact) mass is 249 g/mol. The molecule has 0 spiro atoms. The number of para-hydroxylation sites is 1. The fourth-order valence-electron chi connectivity index (χ4n) is 1.72. The van der Waals surface area contributed by atoms with Crippen LogP contribution in [0.2, 0.25) is 0 Å². The van der Waals surface area contributed by atoms with Crippen LogP contribution in [0.3, 0.4) is 0 Å². The minimum absolute atomic E-state index is 0.0450. The third-order valence-electron chi connectivity index (χ3n) is 2.97. The van der Waals surface area contributed by atoms with Crippen molar-refractivity contribution < 1.29 is 5.11 Å². The number of rotatable bonds is 3. The van der Waals surface area contributed by atoms with Crippen molar-refractivity contribution in [3.63, 3.8) is 0 Å². The predicted octanol–water partition coefficient (Wildman–Crippen LogP) is 3.64. The van der Waals surface area contributed by atoms with Crippen LogP contribution in [-0.2, 0) is 6.42 Å². The van der Waals surface area contributed by atoms with E-state index in [2.05, 4.69) is 31.8 Å². The van der Waals surface area contributed by atoms with Crippen LogP contribution in [0.25, 0.3) is 10.2 Å². The van der Waals surface area contributed by atoms with Gasteiger partial charge in [0.1, 0.15) is 0 Å². The highest BCUT2D eigenvalue weighted by molar-refractivity contribution is 7.18. The number of hydrogen-bond donors (Lipinski definition) is 1. The van der Waals surface area contributed by atoms with Gasteiger partial charge in [0.25, 0.3) is 0 Å². The average molecular weight is 249 g/mol. The molecular weight excluding hydrogens is 230 g/mol. The number of fused-ring (bicyclic) bond motifs is 1. The summed E-state index contributed by atoms with van der Waals surface area (Å²) in [6.45, 7) is 6.20. The number of aliphatic hydroxyl groups excluding tert-OH is 1. The smallest absolute Gasteiger partial charge is 0.0939 e. The maximum atomic E-state index is 10.00. The second-order valence-corrected chi connectivity index (χ2v) is 6.61. The van der Waals surface area contributed by atoms with Gasteiger partial charge in [-0.3, -0.25) is 0 Å². The van der Waals surface area contributed by atoms with Gasteiger partial charge in [-0.05, 0) is 24.0 Å². The molecule has 1 N–H and O–H groups in total. The molecule has 0 amide bonds. The van der Waals surface area contributed by atoms with Crippen molar-refractivity contribution in [2.45, 2.75) is 39.7 Å². The Morgan fingerprint density at radius 1 is 1.29 bits per heavy atom. The summed E-state index contributed by atoms with van der Waals surface area (Å²) >= 11 is 1.73. The highest BCUT2D eigenvalue weighted by Gasteiger charge is 2.22. The van der Waals surface area contributed by atoms with Gasteiger partial charge in [0.2, 0.25) is 0 Å². The highest BCUT2D eigenvalue weighted by Crippen LogP contribution is 2.26. The molecule has 0 saturated carbocycles. The molecule has 3 heteroatoms. The van der Waals surface area contributed by atoms with Crippen molar-refractivity contribution in [2.75, 3.05) is 0 Å². The molecule has 0 fully saturated rings. The fourth-order valence-corrected chi connectivity index (χ4v) is 2.70. The van der Waals surface area contributed by atoms with Crippen LogP contribution in [-0.4, -0.2) is 16.2 Å². The number of aliphatic hydroxyl groups is 1. The predicted molar refractivity (Wildman–Crippen MR) is 73.4 cm³/mol. The van der Waals surface area contributed by atoms with Crippen molar-refractivity contribution in [3.05, 3.63) is 29.3 Å². The zero-order chi connectivity index (χ0) is 12.5. The molecule has 17 heavy (non-hydrogen) atoms. The van der Waals surface area contributed by atoms with E-state index in [0.717, 1.165) is 23.4 Å². The number of aromatic nitrogens is 1. The Balaban J connectivity index is 2.04. The molecule has 0 aliphatic heterocycles. The molecule has 1 atom stereocenters. The molecule has 0 radical (unpaired) electrons. The summed E-state index contributed by atoms with van der Waals surface area (Å²) in [5.74, 6) is 0. The average Bonchev–Trinajstić information content (AvgIpc) is 2.66. The molecule has 0 aliphatic carbocycles. The molecule has 2 nitrogen and oxygen atoms in total. The molecule has 0 bridgehead atoms. The lowest BCUT2D eigenvalue weighted by atomic mass is 9.86. The Morgan fingerprint density at radius 3 is 2.65 bits per heavy atom. The van der Waals surface area contributed by atoms with Gasteiger partial charge in [-0.25, -0.2) is 4.98 Å². The van der Waals surface area contributed by atoms with Crippen molar-refractivity contribution in [3.8, 4) is 0 Å². The maximum absolute atomic E-state index is 10.00. The summed E-state index contributed by atoms with van der Waals surface area (Å²) in [4.78, 5) is 4.57. The van der Waals surface area contributed by atoms with Crippen LogP contribution in [0.15, 0.2) is 24.3 Å². The summed E-state index contributed by atoms with van der Waals surface area (Å²) in [6, 6.07) is 8.18. The molecule has 0 saturated heterocycles. The van der Waals surface area contributed by atoms with E-state index in [9.17, 15) is 5.11 Å². The topological polar surface area (TPSA) is 33.1 Å². The lowest BCUT2D eigenvalue weighted by Gasteiger charge is -2.25. The van der Waals surface area contributed by atoms with Crippen LogP contribution in [0.1, 0.15) is 32.2 Å². The summed E-state index contributed by atoms with van der Waals surface area (Å²) in [5, 5.41) is 11.1. The standard InChI is InChI=1S/C14H19NOS/c1-14(2,3)12(16)8-9-13-15-10-6-4-5-7-11(10)17-13/h4-7,12,16H,8-9H2,1-3H3. The van der Waals surface area contributed by atoms with E-state index in [-0.39, 0.29) is 11.5 Å². The van der Waals surface area contributed by atoms with E-state index >= 15 is 0 Å². The summed E-state index contributed by atoms with van der Waals surface area (Å²) in [7, 11) is 0. The normalized spacial score (nSPS) is 14.1. The van der Waals surface area contributed by atoms with Crippen molar-refractivity contribution in [1.29, 1.82) is 0 Å². The number of nitrogens with zero attached hydrogens (tertiary/aromatic N) is 1. The van der Waals surface area contributed by atoms with E-state index in [1.807, 2.05) is 18.2 Å². The highest BCUT2D eigenvalue weighted by atomic mass is 32.1. The molecule has 1 heterocycles. The van der Waals surface area contributed by atoms with Crippen LogP contribution in [0.5, 0.6) is 0 Å². The van der Waals surface area contributed by atoms with Crippen molar-refractivity contribution in [1.82, 2.24) is 4.98 Å². The Morgan fingerprint density at radius 2 is 2.00 bits per heavy atom. The molecule has 1 unspecified atom stereocenters. The van der Waals surface area contributed by atoms with Gasteiger partial charge in [-0.15, -0.1) is 11.3 Å². The van der Waals surface area contributed by atoms with Crippen LogP contribution < -0.4 is 0 Å². The maximum Gasteiger partial charge on any atom is 0.0939 e. The van der Waals surface area contributed by atoms with Gasteiger partial charge in [0.15, 0.2) is 0 Å². The van der Waals surface area contributed by atoms with E-state index in [1.54, 1.807) is 11.3 Å². The molecule has 2 aromatic rings. The molecule has 92 valence electrons. The van der Waals surface area contributed by atoms with E-state index in [4.69, 9.17) is 0 Å². The second-order valence-electron chi connectivity index (χ2n) is 5.50. The zero-order valence-corrected chi connectivity index (χ0v) is 11.4. The zero-order valence-electron chi connectivity index (χ0n) is 10.6. The first-order valence-electron chi connectivity index (χ1n) is 5.99. The van der Waals surface area contributed by atoms with Crippen molar-refractivity contribution in [2.24, 2.45) is 5.41 Å². The largest absolute Gasteiger partial charge is 0.393 e. The first-order chi connectivity index (χ1) is 7.97. The quantitative estimate of drug-likeness (QED) is 0.901. The van der Waals surface area contributed by atoms with E-state index < -0.39 is 0 Å². The Labute approximate surface area is 106 Å². The Bertz CT molecular complexity index is 465. The van der Waals surface area contributed by atoms with Gasteiger partial charge in [-0.1, -0.05) is 32.9 Å². The van der Waals surface area contributed by atoms with Gasteiger partial charge >= 0.3 is 0 Å². The first kappa shape index (κ1) is 12.5. The van der Waals surface area contributed by atoms with Crippen molar-refractivity contribution >= 4 is 21.6 Å². The number of aryl methyl sites for hydroxylation is 1. The molecule has 1 aromatic carbocycles. The third-order valence-corrected chi connectivity index (χ3v) is 4.07. The summed E-state index contributed by atoms with van der Waals surface area (Å²) in [6.07, 6.45) is 1.37. The molecule has 0 aliphatic rings. The number of thiazole rings is 1. The third kappa shape index (κ3) is 3.05. The number of hydrogen-bond acceptors (Lipinski definition) is 3. The number of benzene rings is 1. The molecular formula is C14H19NOS. The van der Waals surface area contributed by atoms with Crippen LogP contribution in [0.4, 0.5) is 0 Å². The lowest BCUT2D eigenvalue weighted by Crippen LogP contribution is -2.26. The Hall–Kier alpha value is -0.930. The van der Waals surface area contributed by atoms with Crippen LogP contribution in [0, 0.1) is 5.41 Å². The Kier molecular flexibility index (Phi) is 3.50. The van der Waals surface area contributed by atoms with Gasteiger partial charge in [-0.2, -0.15) is 0 Å². The van der Waals surface area contributed by atoms with Gasteiger partial charge in [0, 0.05) is 6.42 Å². The summed E-state index contributed by atoms with van der Waals surface area (Å²) < 4.78 is 1.23. The second kappa shape index (κ2) is 4.75. The minimum Gasteiger partial charge on any atom is -0.393 e. The van der Waals surface area contributed by atoms with Gasteiger partial charge in [0.05, 0.1) is 21.3 Å². The lowest BCUT2D eigenvalue weighted by molar-refractivity contribution is 0.0560. The fraction of sp³-hybridized carbons (Fsp3) is 0.500. The summed E-state index contributed by atoms with van der Waals surface area (Å²) in [5.41, 5.74) is 1.02. The van der Waals surface area contributed by atoms with E-state index in [0.29, 0.717) is 0 Å². The molecule has 2 rings (SSSR count). The first-order valence-corrected chi connectivity index (χ1v) is 6.81. The van der Waals surface area contributed by atoms with Crippen LogP contribution >= 0.6 is 11.3 Å². The molecule has 1 aromatic heterocycles. The van der Waals surface area contributed by atoms with Gasteiger partial charge < -0.3 is 5.11 Å². The minimum atomic E-state index is -0.269. The SMILES string of the molecule is CC(C)(C)C(O)CCc1nc2ccccc2s1. The van der Waals surface area contributed by atoms with E-state index in [1.165, 1.54) is 4.70 Å².